The molecule has 8 heteroatoms. The summed E-state index contributed by atoms with van der Waals surface area (Å²) < 4.78 is 44.9. The largest absolute Gasteiger partial charge is 0.494 e. The van der Waals surface area contributed by atoms with E-state index >= 15 is 0 Å². The van der Waals surface area contributed by atoms with Gasteiger partial charge in [0.15, 0.2) is 11.6 Å². The third kappa shape index (κ3) is 3.71. The summed E-state index contributed by atoms with van der Waals surface area (Å²) in [5, 5.41) is 2.62. The van der Waals surface area contributed by atoms with Gasteiger partial charge in [0.05, 0.1) is 12.0 Å². The lowest BCUT2D eigenvalue weighted by Crippen LogP contribution is -2.27. The number of carbonyl (C=O) groups is 1. The van der Waals surface area contributed by atoms with Crippen molar-refractivity contribution >= 4 is 21.6 Å². The van der Waals surface area contributed by atoms with Gasteiger partial charge in [0.2, 0.25) is 10.0 Å². The van der Waals surface area contributed by atoms with Crippen molar-refractivity contribution in [3.8, 4) is 5.75 Å². The maximum absolute atomic E-state index is 13.7. The van der Waals surface area contributed by atoms with E-state index in [4.69, 9.17) is 4.74 Å². The van der Waals surface area contributed by atoms with Crippen molar-refractivity contribution in [1.82, 2.24) is 4.31 Å². The first-order chi connectivity index (χ1) is 12.4. The van der Waals surface area contributed by atoms with Gasteiger partial charge in [-0.25, -0.2) is 12.8 Å². The van der Waals surface area contributed by atoms with Crippen LogP contribution in [0.1, 0.15) is 23.2 Å². The van der Waals surface area contributed by atoms with Crippen molar-refractivity contribution in [2.24, 2.45) is 0 Å². The Morgan fingerprint density at radius 1 is 1.12 bits per heavy atom. The van der Waals surface area contributed by atoms with Gasteiger partial charge in [-0.15, -0.1) is 0 Å². The Bertz CT molecular complexity index is 907. The molecule has 3 rings (SSSR count). The Labute approximate surface area is 151 Å². The fraction of sp³-hybridized carbons (Fsp3) is 0.278. The first-order valence-corrected chi connectivity index (χ1v) is 9.61. The monoisotopic (exact) mass is 378 g/mol. The lowest BCUT2D eigenvalue weighted by atomic mass is 10.2. The minimum Gasteiger partial charge on any atom is -0.494 e. The van der Waals surface area contributed by atoms with E-state index in [2.05, 4.69) is 5.32 Å². The Kier molecular flexibility index (Phi) is 5.24. The average Bonchev–Trinajstić information content (AvgIpc) is 3.17. The maximum Gasteiger partial charge on any atom is 0.255 e. The number of sulfonamides is 1. The fourth-order valence-corrected chi connectivity index (χ4v) is 4.32. The van der Waals surface area contributed by atoms with Crippen molar-refractivity contribution < 1.29 is 22.3 Å². The van der Waals surface area contributed by atoms with Crippen LogP contribution in [0.25, 0.3) is 0 Å². The maximum atomic E-state index is 13.7. The number of carbonyl (C=O) groups excluding carboxylic acids is 1. The Balaban J connectivity index is 1.73. The van der Waals surface area contributed by atoms with Gasteiger partial charge in [-0.1, -0.05) is 0 Å². The van der Waals surface area contributed by atoms with Crippen LogP contribution >= 0.6 is 0 Å². The van der Waals surface area contributed by atoms with Crippen molar-refractivity contribution in [2.45, 2.75) is 17.7 Å². The number of halogens is 1. The van der Waals surface area contributed by atoms with Crippen LogP contribution < -0.4 is 10.1 Å². The van der Waals surface area contributed by atoms with E-state index in [1.807, 2.05) is 0 Å². The number of benzene rings is 2. The Hall–Kier alpha value is -2.45. The van der Waals surface area contributed by atoms with E-state index in [0.717, 1.165) is 18.9 Å². The predicted molar refractivity (Wildman–Crippen MR) is 95.3 cm³/mol. The van der Waals surface area contributed by atoms with E-state index in [-0.39, 0.29) is 16.2 Å². The van der Waals surface area contributed by atoms with Gasteiger partial charge in [0.1, 0.15) is 0 Å². The van der Waals surface area contributed by atoms with Gasteiger partial charge in [0.25, 0.3) is 5.91 Å². The van der Waals surface area contributed by atoms with Crippen molar-refractivity contribution in [3.63, 3.8) is 0 Å². The lowest BCUT2D eigenvalue weighted by molar-refractivity contribution is 0.102. The van der Waals surface area contributed by atoms with Crippen LogP contribution in [0, 0.1) is 5.82 Å². The van der Waals surface area contributed by atoms with Gasteiger partial charge >= 0.3 is 0 Å². The Morgan fingerprint density at radius 2 is 1.77 bits per heavy atom. The first-order valence-electron chi connectivity index (χ1n) is 8.17. The summed E-state index contributed by atoms with van der Waals surface area (Å²) in [4.78, 5) is 12.4. The summed E-state index contributed by atoms with van der Waals surface area (Å²) in [6.45, 7) is 1.06. The van der Waals surface area contributed by atoms with Gasteiger partial charge in [-0.05, 0) is 55.3 Å². The molecule has 138 valence electrons. The number of nitrogens with one attached hydrogen (secondary N) is 1. The molecular weight excluding hydrogens is 359 g/mol. The van der Waals surface area contributed by atoms with Crippen molar-refractivity contribution in [2.75, 3.05) is 25.5 Å². The molecule has 1 saturated heterocycles. The summed E-state index contributed by atoms with van der Waals surface area (Å²) in [5.74, 6) is -1.08. The normalized spacial score (nSPS) is 15.0. The van der Waals surface area contributed by atoms with E-state index in [1.165, 1.54) is 47.8 Å². The molecule has 6 nitrogen and oxygen atoms in total. The van der Waals surface area contributed by atoms with Crippen LogP contribution in [0.4, 0.5) is 10.1 Å². The SMILES string of the molecule is COc1ccc(C(=O)Nc2ccc(S(=O)(=O)N3CCCC3)cc2)cc1F. The zero-order chi connectivity index (χ0) is 18.7. The van der Waals surface area contributed by atoms with Crippen molar-refractivity contribution in [3.05, 3.63) is 53.8 Å². The highest BCUT2D eigenvalue weighted by Crippen LogP contribution is 2.23. The molecule has 2 aromatic rings. The number of anilines is 1. The second kappa shape index (κ2) is 7.43. The molecule has 1 amide bonds. The van der Waals surface area contributed by atoms with E-state index in [9.17, 15) is 17.6 Å². The minimum atomic E-state index is -3.49. The molecule has 0 aromatic heterocycles. The molecule has 0 spiro atoms. The summed E-state index contributed by atoms with van der Waals surface area (Å²) in [6, 6.07) is 9.84. The molecular formula is C18H19FN2O4S. The zero-order valence-electron chi connectivity index (χ0n) is 14.2. The molecule has 1 aliphatic rings. The molecule has 0 radical (unpaired) electrons. The van der Waals surface area contributed by atoms with Crippen LogP contribution in [0.15, 0.2) is 47.4 Å². The Morgan fingerprint density at radius 3 is 2.35 bits per heavy atom. The molecule has 0 unspecified atom stereocenters. The number of hydrogen-bond donors (Lipinski definition) is 1. The summed E-state index contributed by atoms with van der Waals surface area (Å²) >= 11 is 0. The molecule has 0 atom stereocenters. The molecule has 1 N–H and O–H groups in total. The third-order valence-electron chi connectivity index (χ3n) is 4.23. The highest BCUT2D eigenvalue weighted by atomic mass is 32.2. The molecule has 1 fully saturated rings. The van der Waals surface area contributed by atoms with E-state index in [1.54, 1.807) is 0 Å². The van der Waals surface area contributed by atoms with Gasteiger partial charge in [0, 0.05) is 24.3 Å². The van der Waals surface area contributed by atoms with Crippen LogP contribution in [-0.4, -0.2) is 38.8 Å². The van der Waals surface area contributed by atoms with Gasteiger partial charge in [-0.3, -0.25) is 4.79 Å². The fourth-order valence-electron chi connectivity index (χ4n) is 2.80. The number of rotatable bonds is 5. The summed E-state index contributed by atoms with van der Waals surface area (Å²) in [6.07, 6.45) is 1.73. The molecule has 0 bridgehead atoms. The topological polar surface area (TPSA) is 75.7 Å². The average molecular weight is 378 g/mol. The van der Waals surface area contributed by atoms with Crippen LogP contribution in [0.2, 0.25) is 0 Å². The molecule has 2 aromatic carbocycles. The zero-order valence-corrected chi connectivity index (χ0v) is 15.1. The number of nitrogens with zero attached hydrogens (tertiary/aromatic N) is 1. The second-order valence-electron chi connectivity index (χ2n) is 5.94. The minimum absolute atomic E-state index is 0.0537. The summed E-state index contributed by atoms with van der Waals surface area (Å²) in [5.41, 5.74) is 0.559. The lowest BCUT2D eigenvalue weighted by Gasteiger charge is -2.15. The quantitative estimate of drug-likeness (QED) is 0.868. The standard InChI is InChI=1S/C18H19FN2O4S/c1-25-17-9-4-13(12-16(17)19)18(22)20-14-5-7-15(8-6-14)26(23,24)21-10-2-3-11-21/h4-9,12H,2-3,10-11H2,1H3,(H,20,22). The first kappa shape index (κ1) is 18.3. The van der Waals surface area contributed by atoms with Gasteiger partial charge < -0.3 is 10.1 Å². The van der Waals surface area contributed by atoms with E-state index < -0.39 is 21.7 Å². The van der Waals surface area contributed by atoms with E-state index in [0.29, 0.717) is 18.8 Å². The second-order valence-corrected chi connectivity index (χ2v) is 7.88. The molecule has 1 aliphatic heterocycles. The van der Waals surface area contributed by atoms with Crippen LogP contribution in [0.3, 0.4) is 0 Å². The van der Waals surface area contributed by atoms with Crippen LogP contribution in [0.5, 0.6) is 5.75 Å². The van der Waals surface area contributed by atoms with Crippen molar-refractivity contribution in [1.29, 1.82) is 0 Å². The number of hydrogen-bond acceptors (Lipinski definition) is 4. The third-order valence-corrected chi connectivity index (χ3v) is 6.14. The number of ether oxygens (including phenoxy) is 1. The number of amides is 1. The molecule has 0 aliphatic carbocycles. The molecule has 0 saturated carbocycles. The highest BCUT2D eigenvalue weighted by Gasteiger charge is 2.26. The van der Waals surface area contributed by atoms with Gasteiger partial charge in [-0.2, -0.15) is 4.31 Å². The highest BCUT2D eigenvalue weighted by molar-refractivity contribution is 7.89. The molecule has 1 heterocycles. The smallest absolute Gasteiger partial charge is 0.255 e. The van der Waals surface area contributed by atoms with Crippen LogP contribution in [-0.2, 0) is 10.0 Å². The predicted octanol–water partition coefficient (Wildman–Crippen LogP) is 2.87. The summed E-state index contributed by atoms with van der Waals surface area (Å²) in [7, 11) is -2.15. The number of methoxy groups -OCH3 is 1. The molecule has 26 heavy (non-hydrogen) atoms.